The number of aromatic nitrogens is 1. The van der Waals surface area contributed by atoms with E-state index in [4.69, 9.17) is 14.2 Å². The molecule has 7 nitrogen and oxygen atoms in total. The number of rotatable bonds is 6. The third kappa shape index (κ3) is 3.96. The second-order valence-corrected chi connectivity index (χ2v) is 7.26. The molecule has 1 aliphatic rings. The molecule has 1 aliphatic carbocycles. The molecule has 1 amide bonds. The molecule has 0 saturated carbocycles. The Bertz CT molecular complexity index is 1090. The summed E-state index contributed by atoms with van der Waals surface area (Å²) in [7, 11) is 3.10. The SMILES string of the molecule is COc1cc(OC)c2[nH]c(C(=O)OCC(=O)NC3CCCc4ccccc43)cc2c1. The molecule has 0 aliphatic heterocycles. The first-order valence-corrected chi connectivity index (χ1v) is 9.88. The summed E-state index contributed by atoms with van der Waals surface area (Å²) in [5.74, 6) is 0.245. The fraction of sp³-hybridized carbons (Fsp3) is 0.304. The first-order valence-electron chi connectivity index (χ1n) is 9.88. The van der Waals surface area contributed by atoms with Gasteiger partial charge in [0.15, 0.2) is 6.61 Å². The van der Waals surface area contributed by atoms with Crippen molar-refractivity contribution in [2.75, 3.05) is 20.8 Å². The Hall–Kier alpha value is -3.48. The van der Waals surface area contributed by atoms with E-state index in [9.17, 15) is 9.59 Å². The van der Waals surface area contributed by atoms with Gasteiger partial charge in [0.2, 0.25) is 0 Å². The molecule has 4 rings (SSSR count). The van der Waals surface area contributed by atoms with E-state index in [1.54, 1.807) is 32.4 Å². The summed E-state index contributed by atoms with van der Waals surface area (Å²) in [6, 6.07) is 13.2. The number of amides is 1. The fourth-order valence-corrected chi connectivity index (χ4v) is 3.92. The van der Waals surface area contributed by atoms with E-state index in [0.29, 0.717) is 17.0 Å². The highest BCUT2D eigenvalue weighted by molar-refractivity contribution is 5.98. The zero-order valence-corrected chi connectivity index (χ0v) is 17.0. The quantitative estimate of drug-likeness (QED) is 0.609. The van der Waals surface area contributed by atoms with Crippen molar-refractivity contribution in [1.82, 2.24) is 10.3 Å². The van der Waals surface area contributed by atoms with Gasteiger partial charge in [-0.05, 0) is 42.5 Å². The Kier molecular flexibility index (Phi) is 5.61. The van der Waals surface area contributed by atoms with Gasteiger partial charge < -0.3 is 24.5 Å². The van der Waals surface area contributed by atoms with Crippen LogP contribution in [0.1, 0.15) is 40.5 Å². The fourth-order valence-electron chi connectivity index (χ4n) is 3.92. The average Bonchev–Trinajstić information content (AvgIpc) is 3.21. The zero-order valence-electron chi connectivity index (χ0n) is 17.0. The van der Waals surface area contributed by atoms with Gasteiger partial charge in [0, 0.05) is 11.5 Å². The number of hydrogen-bond acceptors (Lipinski definition) is 5. The molecular formula is C23H24N2O5. The van der Waals surface area contributed by atoms with Crippen LogP contribution >= 0.6 is 0 Å². The molecule has 0 saturated heterocycles. The maximum absolute atomic E-state index is 12.5. The molecule has 7 heteroatoms. The number of fused-ring (bicyclic) bond motifs is 2. The first-order chi connectivity index (χ1) is 14.6. The molecule has 1 heterocycles. The van der Waals surface area contributed by atoms with Crippen molar-refractivity contribution in [3.8, 4) is 11.5 Å². The first kappa shape index (κ1) is 19.8. The predicted octanol–water partition coefficient (Wildman–Crippen LogP) is 3.54. The summed E-state index contributed by atoms with van der Waals surface area (Å²) in [6.45, 7) is -0.340. The third-order valence-corrected chi connectivity index (χ3v) is 5.38. The predicted molar refractivity (Wildman–Crippen MR) is 112 cm³/mol. The number of ether oxygens (including phenoxy) is 3. The van der Waals surface area contributed by atoms with E-state index < -0.39 is 5.97 Å². The Morgan fingerprint density at radius 2 is 1.97 bits per heavy atom. The van der Waals surface area contributed by atoms with E-state index >= 15 is 0 Å². The van der Waals surface area contributed by atoms with Crippen LogP contribution in [0.15, 0.2) is 42.5 Å². The number of carbonyl (C=O) groups is 2. The monoisotopic (exact) mass is 408 g/mol. The summed E-state index contributed by atoms with van der Waals surface area (Å²) in [6.07, 6.45) is 2.91. The average molecular weight is 408 g/mol. The number of esters is 1. The molecule has 0 spiro atoms. The van der Waals surface area contributed by atoms with Gasteiger partial charge in [0.25, 0.3) is 5.91 Å². The second kappa shape index (κ2) is 8.49. The van der Waals surface area contributed by atoms with E-state index in [1.807, 2.05) is 18.2 Å². The van der Waals surface area contributed by atoms with Crippen LogP contribution in [0, 0.1) is 0 Å². The number of carbonyl (C=O) groups excluding carboxylic acids is 2. The number of nitrogens with one attached hydrogen (secondary N) is 2. The van der Waals surface area contributed by atoms with Crippen molar-refractivity contribution in [1.29, 1.82) is 0 Å². The van der Waals surface area contributed by atoms with Crippen LogP contribution in [0.2, 0.25) is 0 Å². The topological polar surface area (TPSA) is 89.7 Å². The van der Waals surface area contributed by atoms with E-state index in [-0.39, 0.29) is 24.2 Å². The van der Waals surface area contributed by atoms with Gasteiger partial charge in [-0.15, -0.1) is 0 Å². The molecule has 0 radical (unpaired) electrons. The molecule has 2 N–H and O–H groups in total. The molecular weight excluding hydrogens is 384 g/mol. The smallest absolute Gasteiger partial charge is 0.355 e. The lowest BCUT2D eigenvalue weighted by atomic mass is 9.88. The van der Waals surface area contributed by atoms with E-state index in [0.717, 1.165) is 30.2 Å². The van der Waals surface area contributed by atoms with Crippen LogP contribution in [0.5, 0.6) is 11.5 Å². The Labute approximate surface area is 174 Å². The highest BCUT2D eigenvalue weighted by Crippen LogP contribution is 2.31. The molecule has 0 bridgehead atoms. The molecule has 0 fully saturated rings. The van der Waals surface area contributed by atoms with Gasteiger partial charge in [-0.3, -0.25) is 4.79 Å². The van der Waals surface area contributed by atoms with Crippen molar-refractivity contribution in [2.24, 2.45) is 0 Å². The van der Waals surface area contributed by atoms with Gasteiger partial charge in [0.1, 0.15) is 17.2 Å². The standard InChI is InChI=1S/C23H24N2O5/c1-28-16-10-15-11-19(25-22(15)20(12-16)29-2)23(27)30-13-21(26)24-18-9-5-7-14-6-3-4-8-17(14)18/h3-4,6,8,10-12,18,25H,5,7,9,13H2,1-2H3,(H,24,26). The van der Waals surface area contributed by atoms with Crippen molar-refractivity contribution < 1.29 is 23.8 Å². The summed E-state index contributed by atoms with van der Waals surface area (Å²) >= 11 is 0. The lowest BCUT2D eigenvalue weighted by Gasteiger charge is -2.26. The Morgan fingerprint density at radius 3 is 2.77 bits per heavy atom. The number of methoxy groups -OCH3 is 2. The van der Waals surface area contributed by atoms with Crippen molar-refractivity contribution >= 4 is 22.8 Å². The van der Waals surface area contributed by atoms with Crippen LogP contribution in [0.3, 0.4) is 0 Å². The summed E-state index contributed by atoms with van der Waals surface area (Å²) < 4.78 is 15.8. The summed E-state index contributed by atoms with van der Waals surface area (Å²) in [5.41, 5.74) is 3.30. The minimum absolute atomic E-state index is 0.0500. The highest BCUT2D eigenvalue weighted by Gasteiger charge is 2.22. The maximum atomic E-state index is 12.5. The highest BCUT2D eigenvalue weighted by atomic mass is 16.5. The van der Waals surface area contributed by atoms with Crippen LogP contribution < -0.4 is 14.8 Å². The molecule has 1 atom stereocenters. The van der Waals surface area contributed by atoms with Crippen LogP contribution in [-0.4, -0.2) is 37.7 Å². The number of aromatic amines is 1. The summed E-state index contributed by atoms with van der Waals surface area (Å²) in [5, 5.41) is 3.73. The van der Waals surface area contributed by atoms with Gasteiger partial charge >= 0.3 is 5.97 Å². The number of aryl methyl sites for hydroxylation is 1. The van der Waals surface area contributed by atoms with Gasteiger partial charge in [-0.2, -0.15) is 0 Å². The third-order valence-electron chi connectivity index (χ3n) is 5.38. The maximum Gasteiger partial charge on any atom is 0.355 e. The number of H-pyrrole nitrogens is 1. The zero-order chi connectivity index (χ0) is 21.1. The van der Waals surface area contributed by atoms with Crippen LogP contribution in [0.4, 0.5) is 0 Å². The van der Waals surface area contributed by atoms with E-state index in [2.05, 4.69) is 16.4 Å². The van der Waals surface area contributed by atoms with Gasteiger partial charge in [0.05, 0.1) is 25.8 Å². The molecule has 2 aromatic carbocycles. The van der Waals surface area contributed by atoms with Crippen LogP contribution in [0.25, 0.3) is 10.9 Å². The number of benzene rings is 2. The van der Waals surface area contributed by atoms with Gasteiger partial charge in [-0.1, -0.05) is 24.3 Å². The van der Waals surface area contributed by atoms with Gasteiger partial charge in [-0.25, -0.2) is 4.79 Å². The van der Waals surface area contributed by atoms with Crippen molar-refractivity contribution in [2.45, 2.75) is 25.3 Å². The van der Waals surface area contributed by atoms with Crippen molar-refractivity contribution in [3.05, 3.63) is 59.3 Å². The molecule has 1 unspecified atom stereocenters. The lowest BCUT2D eigenvalue weighted by Crippen LogP contribution is -2.34. The molecule has 3 aromatic rings. The second-order valence-electron chi connectivity index (χ2n) is 7.26. The minimum atomic E-state index is -0.605. The number of hydrogen-bond donors (Lipinski definition) is 2. The van der Waals surface area contributed by atoms with Crippen LogP contribution in [-0.2, 0) is 16.0 Å². The Morgan fingerprint density at radius 1 is 1.13 bits per heavy atom. The molecule has 1 aromatic heterocycles. The summed E-state index contributed by atoms with van der Waals surface area (Å²) in [4.78, 5) is 27.8. The Balaban J connectivity index is 1.41. The molecule has 156 valence electrons. The van der Waals surface area contributed by atoms with Crippen molar-refractivity contribution in [3.63, 3.8) is 0 Å². The lowest BCUT2D eigenvalue weighted by molar-refractivity contribution is -0.125. The normalized spacial score (nSPS) is 15.3. The largest absolute Gasteiger partial charge is 0.497 e. The molecule has 30 heavy (non-hydrogen) atoms. The van der Waals surface area contributed by atoms with E-state index in [1.165, 1.54) is 5.56 Å². The minimum Gasteiger partial charge on any atom is -0.497 e.